The quantitative estimate of drug-likeness (QED) is 0.154. The monoisotopic (exact) mass is 624 g/mol. The van der Waals surface area contributed by atoms with Crippen LogP contribution in [0.2, 0.25) is 5.15 Å². The van der Waals surface area contributed by atoms with Crippen LogP contribution in [0.1, 0.15) is 53.1 Å². The van der Waals surface area contributed by atoms with Gasteiger partial charge in [0.15, 0.2) is 5.69 Å². The van der Waals surface area contributed by atoms with Crippen molar-refractivity contribution in [2.24, 2.45) is 7.05 Å². The lowest BCUT2D eigenvalue weighted by Crippen LogP contribution is -2.44. The predicted octanol–water partition coefficient (Wildman–Crippen LogP) is 4.55. The fourth-order valence-corrected chi connectivity index (χ4v) is 5.45. The van der Waals surface area contributed by atoms with Crippen molar-refractivity contribution in [3.8, 4) is 5.88 Å². The molecule has 1 aromatic carbocycles. The van der Waals surface area contributed by atoms with E-state index in [4.69, 9.17) is 25.6 Å². The molecule has 3 aromatic heterocycles. The number of ether oxygens (including phenoxy) is 1. The van der Waals surface area contributed by atoms with Gasteiger partial charge < -0.3 is 15.0 Å². The van der Waals surface area contributed by atoms with Crippen LogP contribution in [-0.2, 0) is 11.3 Å². The minimum atomic E-state index is -0.548. The molecule has 2 unspecified atom stereocenters. The van der Waals surface area contributed by atoms with E-state index in [9.17, 15) is 9.59 Å². The average Bonchev–Trinajstić information content (AvgIpc) is 2.99. The number of nitrogens with one attached hydrogen (secondary N) is 2. The molecule has 0 saturated carbocycles. The molecule has 226 valence electrons. The summed E-state index contributed by atoms with van der Waals surface area (Å²) in [6.45, 7) is 7.03. The highest BCUT2D eigenvalue weighted by Crippen LogP contribution is 2.30. The molecule has 14 heteroatoms. The van der Waals surface area contributed by atoms with Crippen molar-refractivity contribution < 1.29 is 13.8 Å². The third-order valence-electron chi connectivity index (χ3n) is 7.17. The molecule has 5 rings (SSSR count). The Morgan fingerprint density at radius 2 is 2.00 bits per heavy atom. The molecule has 1 aliphatic heterocycles. The van der Waals surface area contributed by atoms with Crippen LogP contribution in [0.25, 0.3) is 10.9 Å². The first-order valence-electron chi connectivity index (χ1n) is 13.8. The second kappa shape index (κ2) is 13.1. The summed E-state index contributed by atoms with van der Waals surface area (Å²) in [4.78, 5) is 46.4. The first kappa shape index (κ1) is 30.5. The summed E-state index contributed by atoms with van der Waals surface area (Å²) in [5, 5.41) is 4.04. The second-order valence-corrected chi connectivity index (χ2v) is 11.3. The number of fused-ring (bicyclic) bond motifs is 1. The van der Waals surface area contributed by atoms with Crippen molar-refractivity contribution in [2.45, 2.75) is 45.8 Å². The van der Waals surface area contributed by atoms with Crippen LogP contribution < -0.4 is 26.0 Å². The smallest absolute Gasteiger partial charge is 0.296 e. The number of hydroxylamine groups is 1. The SMILES string of the molecule is CSONC(=O)c1nc(Cl)ccc1NC(C)c1cc(C)cc2c(=O)n(C)c(N3CCCC(Oc4cnc(C)cn4)C3)nc12. The van der Waals surface area contributed by atoms with Crippen LogP contribution in [0.5, 0.6) is 5.88 Å². The minimum Gasteiger partial charge on any atom is -0.471 e. The second-order valence-electron chi connectivity index (χ2n) is 10.4. The molecule has 0 aliphatic carbocycles. The van der Waals surface area contributed by atoms with Crippen molar-refractivity contribution in [3.63, 3.8) is 0 Å². The Labute approximate surface area is 258 Å². The summed E-state index contributed by atoms with van der Waals surface area (Å²) in [5.41, 5.74) is 5.82. The number of aromatic nitrogens is 5. The number of rotatable bonds is 9. The van der Waals surface area contributed by atoms with Gasteiger partial charge in [0, 0.05) is 37.5 Å². The Hall–Kier alpha value is -3.94. The van der Waals surface area contributed by atoms with Gasteiger partial charge in [-0.15, -0.1) is 0 Å². The van der Waals surface area contributed by atoms with Crippen molar-refractivity contribution in [2.75, 3.05) is 29.6 Å². The lowest BCUT2D eigenvalue weighted by Gasteiger charge is -2.34. The highest BCUT2D eigenvalue weighted by Gasteiger charge is 2.27. The first-order valence-corrected chi connectivity index (χ1v) is 15.3. The van der Waals surface area contributed by atoms with Gasteiger partial charge in [-0.3, -0.25) is 19.1 Å². The molecule has 0 radical (unpaired) electrons. The van der Waals surface area contributed by atoms with E-state index in [2.05, 4.69) is 30.6 Å². The van der Waals surface area contributed by atoms with Gasteiger partial charge >= 0.3 is 0 Å². The first-order chi connectivity index (χ1) is 20.6. The number of halogens is 1. The van der Waals surface area contributed by atoms with Gasteiger partial charge in [0.2, 0.25) is 11.8 Å². The van der Waals surface area contributed by atoms with Crippen LogP contribution in [0.15, 0.2) is 41.5 Å². The fraction of sp³-hybridized carbons (Fsp3) is 0.379. The molecule has 1 saturated heterocycles. The highest BCUT2D eigenvalue weighted by molar-refractivity contribution is 7.93. The van der Waals surface area contributed by atoms with Crippen molar-refractivity contribution in [1.29, 1.82) is 0 Å². The molecule has 1 fully saturated rings. The number of amides is 1. The Balaban J connectivity index is 1.48. The molecule has 4 heterocycles. The summed E-state index contributed by atoms with van der Waals surface area (Å²) in [6, 6.07) is 6.77. The van der Waals surface area contributed by atoms with Gasteiger partial charge in [-0.2, -0.15) is 0 Å². The third-order valence-corrected chi connectivity index (χ3v) is 7.63. The van der Waals surface area contributed by atoms with E-state index in [-0.39, 0.29) is 28.6 Å². The van der Waals surface area contributed by atoms with Gasteiger partial charge in [0.1, 0.15) is 11.3 Å². The number of benzene rings is 1. The van der Waals surface area contributed by atoms with E-state index >= 15 is 0 Å². The Bertz CT molecular complexity index is 1700. The van der Waals surface area contributed by atoms with Crippen LogP contribution in [0.4, 0.5) is 11.6 Å². The minimum absolute atomic E-state index is 0.0764. The predicted molar refractivity (Wildman–Crippen MR) is 168 cm³/mol. The van der Waals surface area contributed by atoms with E-state index in [0.717, 1.165) is 48.2 Å². The number of hydrogen-bond donors (Lipinski definition) is 2. The maximum Gasteiger partial charge on any atom is 0.296 e. The standard InChI is InChI=1S/C29H33ClN8O4S/c1-16-11-20(18(3)33-22-8-9-23(30)34-26(22)27(39)36-42-43-5)25-21(12-16)28(40)37(4)29(35-25)38-10-6-7-19(15-38)41-24-14-31-17(2)13-32-24/h8-9,11-14,18-19,33H,6-7,10,15H2,1-5H3,(H,36,39). The Morgan fingerprint density at radius 1 is 1.19 bits per heavy atom. The summed E-state index contributed by atoms with van der Waals surface area (Å²) in [6.07, 6.45) is 6.57. The van der Waals surface area contributed by atoms with E-state index < -0.39 is 5.91 Å². The number of nitrogens with zero attached hydrogens (tertiary/aromatic N) is 6. The molecule has 43 heavy (non-hydrogen) atoms. The highest BCUT2D eigenvalue weighted by atomic mass is 35.5. The number of hydrogen-bond acceptors (Lipinski definition) is 11. The van der Waals surface area contributed by atoms with Crippen molar-refractivity contribution >= 4 is 52.1 Å². The molecule has 1 aliphatic rings. The molecule has 2 atom stereocenters. The molecule has 12 nitrogen and oxygen atoms in total. The van der Waals surface area contributed by atoms with Crippen LogP contribution in [-0.4, -0.2) is 55.9 Å². The topological polar surface area (TPSA) is 136 Å². The number of carbonyl (C=O) groups is 1. The number of pyridine rings is 1. The van der Waals surface area contributed by atoms with Gasteiger partial charge in [-0.1, -0.05) is 17.7 Å². The molecule has 2 N–H and O–H groups in total. The summed E-state index contributed by atoms with van der Waals surface area (Å²) >= 11 is 7.09. The van der Waals surface area contributed by atoms with Gasteiger partial charge in [-0.25, -0.2) is 24.7 Å². The van der Waals surface area contributed by atoms with Gasteiger partial charge in [0.05, 0.1) is 47.3 Å². The Morgan fingerprint density at radius 3 is 2.74 bits per heavy atom. The zero-order valence-electron chi connectivity index (χ0n) is 24.5. The fourth-order valence-electron chi connectivity index (χ4n) is 5.15. The van der Waals surface area contributed by atoms with Crippen molar-refractivity contribution in [3.05, 3.63) is 74.7 Å². The van der Waals surface area contributed by atoms with E-state index in [1.807, 2.05) is 32.9 Å². The summed E-state index contributed by atoms with van der Waals surface area (Å²) in [5.74, 6) is 0.481. The normalized spacial score (nSPS) is 15.8. The van der Waals surface area contributed by atoms with Crippen LogP contribution >= 0.6 is 23.6 Å². The number of anilines is 2. The van der Waals surface area contributed by atoms with Gasteiger partial charge in [0.25, 0.3) is 11.5 Å². The van der Waals surface area contributed by atoms with Gasteiger partial charge in [-0.05, 0) is 57.4 Å². The summed E-state index contributed by atoms with van der Waals surface area (Å²) < 4.78 is 12.7. The molecule has 0 bridgehead atoms. The largest absolute Gasteiger partial charge is 0.471 e. The maximum atomic E-state index is 13.7. The number of piperidine rings is 1. The van der Waals surface area contributed by atoms with Crippen LogP contribution in [0, 0.1) is 13.8 Å². The Kier molecular flexibility index (Phi) is 9.33. The number of carbonyl (C=O) groups excluding carboxylic acids is 1. The summed E-state index contributed by atoms with van der Waals surface area (Å²) in [7, 11) is 1.74. The molecular formula is C29H33ClN8O4S. The zero-order chi connectivity index (χ0) is 30.7. The van der Waals surface area contributed by atoms with E-state index in [1.165, 1.54) is 0 Å². The molecular weight excluding hydrogens is 592 g/mol. The molecule has 1 amide bonds. The average molecular weight is 625 g/mol. The number of aryl methyl sites for hydroxylation is 2. The van der Waals surface area contributed by atoms with E-state index in [0.29, 0.717) is 35.0 Å². The third kappa shape index (κ3) is 6.84. The molecule has 4 aromatic rings. The van der Waals surface area contributed by atoms with E-state index in [1.54, 1.807) is 42.4 Å². The maximum absolute atomic E-state index is 13.7. The van der Waals surface area contributed by atoms with Crippen molar-refractivity contribution in [1.82, 2.24) is 30.0 Å². The zero-order valence-corrected chi connectivity index (χ0v) is 26.1. The lowest BCUT2D eigenvalue weighted by molar-refractivity contribution is 0.0794. The molecule has 0 spiro atoms. The van der Waals surface area contributed by atoms with Crippen LogP contribution in [0.3, 0.4) is 0 Å². The lowest BCUT2D eigenvalue weighted by atomic mass is 10.0.